The summed E-state index contributed by atoms with van der Waals surface area (Å²) >= 11 is 0. The van der Waals surface area contributed by atoms with E-state index >= 15 is 0 Å². The van der Waals surface area contributed by atoms with Gasteiger partial charge in [0.25, 0.3) is 0 Å². The highest BCUT2D eigenvalue weighted by atomic mass is 32.2. The van der Waals surface area contributed by atoms with Crippen LogP contribution < -0.4 is 10.0 Å². The summed E-state index contributed by atoms with van der Waals surface area (Å²) in [5.74, 6) is 0.944. The molecule has 0 spiro atoms. The number of nitrogens with one attached hydrogen (secondary N) is 2. The normalized spacial score (nSPS) is 23.0. The molecule has 1 aliphatic heterocycles. The molecule has 0 amide bonds. The standard InChI is InChI=1S/C15H22N2O3S/c18-21(19,20)17-15-12(9-11-3-1-4-11)5-2-6-14(15)13-7-8-16-10-13/h2,5-6,11,13,16-17H,1,3-4,7-10H2,(H,18,19,20). The van der Waals surface area contributed by atoms with Gasteiger partial charge in [0.1, 0.15) is 0 Å². The van der Waals surface area contributed by atoms with Gasteiger partial charge in [-0.1, -0.05) is 37.5 Å². The van der Waals surface area contributed by atoms with E-state index < -0.39 is 10.3 Å². The van der Waals surface area contributed by atoms with E-state index in [1.807, 2.05) is 18.2 Å². The van der Waals surface area contributed by atoms with Crippen LogP contribution in [-0.4, -0.2) is 26.1 Å². The maximum absolute atomic E-state index is 11.3. The Hall–Kier alpha value is -1.11. The van der Waals surface area contributed by atoms with Crippen molar-refractivity contribution in [3.8, 4) is 0 Å². The first-order chi connectivity index (χ1) is 10.0. The zero-order valence-electron chi connectivity index (χ0n) is 12.0. The van der Waals surface area contributed by atoms with Gasteiger partial charge in [0, 0.05) is 6.54 Å². The third-order valence-electron chi connectivity index (χ3n) is 4.65. The Labute approximate surface area is 126 Å². The molecule has 3 rings (SSSR count). The number of rotatable bonds is 5. The van der Waals surface area contributed by atoms with Crippen LogP contribution in [0, 0.1) is 5.92 Å². The third kappa shape index (κ3) is 3.56. The molecular weight excluding hydrogens is 288 g/mol. The molecule has 0 bridgehead atoms. The van der Waals surface area contributed by atoms with E-state index in [2.05, 4.69) is 10.0 Å². The van der Waals surface area contributed by atoms with Crippen LogP contribution in [0.3, 0.4) is 0 Å². The van der Waals surface area contributed by atoms with Crippen molar-refractivity contribution in [1.29, 1.82) is 0 Å². The van der Waals surface area contributed by atoms with Gasteiger partial charge in [-0.3, -0.25) is 9.27 Å². The molecule has 1 aromatic rings. The quantitative estimate of drug-likeness (QED) is 0.729. The van der Waals surface area contributed by atoms with Crippen molar-refractivity contribution in [1.82, 2.24) is 5.32 Å². The van der Waals surface area contributed by atoms with E-state index in [-0.39, 0.29) is 0 Å². The molecule has 3 N–H and O–H groups in total. The second kappa shape index (κ2) is 5.94. The minimum atomic E-state index is -4.25. The molecule has 0 aromatic heterocycles. The molecule has 116 valence electrons. The Balaban J connectivity index is 1.95. The van der Waals surface area contributed by atoms with Crippen LogP contribution in [0.5, 0.6) is 0 Å². The van der Waals surface area contributed by atoms with Gasteiger partial charge in [-0.15, -0.1) is 0 Å². The summed E-state index contributed by atoms with van der Waals surface area (Å²) in [6, 6.07) is 5.93. The summed E-state index contributed by atoms with van der Waals surface area (Å²) in [6.07, 6.45) is 5.55. The van der Waals surface area contributed by atoms with Gasteiger partial charge in [0.05, 0.1) is 5.69 Å². The van der Waals surface area contributed by atoms with Crippen LogP contribution in [0.25, 0.3) is 0 Å². The fourth-order valence-electron chi connectivity index (χ4n) is 3.31. The Kier molecular flexibility index (Phi) is 4.19. The second-order valence-electron chi connectivity index (χ2n) is 6.15. The molecule has 1 aliphatic carbocycles. The molecule has 1 unspecified atom stereocenters. The highest BCUT2D eigenvalue weighted by Crippen LogP contribution is 2.36. The zero-order chi connectivity index (χ0) is 14.9. The Morgan fingerprint density at radius 2 is 2.10 bits per heavy atom. The average molecular weight is 310 g/mol. The molecule has 21 heavy (non-hydrogen) atoms. The summed E-state index contributed by atoms with van der Waals surface area (Å²) in [5.41, 5.74) is 2.59. The predicted molar refractivity (Wildman–Crippen MR) is 82.9 cm³/mol. The second-order valence-corrected chi connectivity index (χ2v) is 7.30. The number of hydrogen-bond acceptors (Lipinski definition) is 3. The van der Waals surface area contributed by atoms with Crippen LogP contribution in [-0.2, 0) is 16.7 Å². The lowest BCUT2D eigenvalue weighted by molar-refractivity contribution is 0.314. The minimum absolute atomic E-state index is 0.301. The van der Waals surface area contributed by atoms with Crippen molar-refractivity contribution >= 4 is 16.0 Å². The van der Waals surface area contributed by atoms with E-state index in [1.165, 1.54) is 19.3 Å². The van der Waals surface area contributed by atoms with Crippen LogP contribution in [0.15, 0.2) is 18.2 Å². The molecule has 0 radical (unpaired) electrons. The first-order valence-corrected chi connectivity index (χ1v) is 9.04. The van der Waals surface area contributed by atoms with Crippen molar-refractivity contribution in [2.24, 2.45) is 5.92 Å². The monoisotopic (exact) mass is 310 g/mol. The molecule has 5 nitrogen and oxygen atoms in total. The van der Waals surface area contributed by atoms with E-state index in [0.717, 1.165) is 37.1 Å². The summed E-state index contributed by atoms with van der Waals surface area (Å²) in [5, 5.41) is 3.30. The highest BCUT2D eigenvalue weighted by Gasteiger charge is 2.25. The maximum atomic E-state index is 11.3. The van der Waals surface area contributed by atoms with E-state index in [1.54, 1.807) is 0 Å². The average Bonchev–Trinajstić information content (AvgIpc) is 2.87. The molecule has 1 saturated carbocycles. The summed E-state index contributed by atoms with van der Waals surface area (Å²) in [4.78, 5) is 0. The summed E-state index contributed by atoms with van der Waals surface area (Å²) < 4.78 is 34.2. The number of para-hydroxylation sites is 1. The minimum Gasteiger partial charge on any atom is -0.316 e. The van der Waals surface area contributed by atoms with Crippen LogP contribution in [0.4, 0.5) is 5.69 Å². The Morgan fingerprint density at radius 3 is 2.67 bits per heavy atom. The SMILES string of the molecule is O=S(=O)(O)Nc1c(CC2CCC2)cccc1C1CCNC1. The van der Waals surface area contributed by atoms with Crippen LogP contribution >= 0.6 is 0 Å². The molecular formula is C15H22N2O3S. The van der Waals surface area contributed by atoms with Crippen molar-refractivity contribution in [2.45, 2.75) is 38.0 Å². The molecule has 1 aromatic carbocycles. The van der Waals surface area contributed by atoms with E-state index in [9.17, 15) is 13.0 Å². The number of anilines is 1. The topological polar surface area (TPSA) is 78.4 Å². The lowest BCUT2D eigenvalue weighted by Crippen LogP contribution is -2.19. The van der Waals surface area contributed by atoms with Gasteiger partial charge >= 0.3 is 10.3 Å². The largest absolute Gasteiger partial charge is 0.357 e. The zero-order valence-corrected chi connectivity index (χ0v) is 12.8. The van der Waals surface area contributed by atoms with Gasteiger partial charge in [0.2, 0.25) is 0 Å². The lowest BCUT2D eigenvalue weighted by Gasteiger charge is -2.27. The fraction of sp³-hybridized carbons (Fsp3) is 0.600. The first-order valence-electron chi connectivity index (χ1n) is 7.60. The molecule has 2 aliphatic rings. The van der Waals surface area contributed by atoms with E-state index in [0.29, 0.717) is 17.5 Å². The molecule has 1 atom stereocenters. The molecule has 1 saturated heterocycles. The van der Waals surface area contributed by atoms with Crippen molar-refractivity contribution < 1.29 is 13.0 Å². The summed E-state index contributed by atoms with van der Waals surface area (Å²) in [6.45, 7) is 1.80. The predicted octanol–water partition coefficient (Wildman–Crippen LogP) is 2.32. The Morgan fingerprint density at radius 1 is 1.29 bits per heavy atom. The van der Waals surface area contributed by atoms with E-state index in [4.69, 9.17) is 0 Å². The highest BCUT2D eigenvalue weighted by molar-refractivity contribution is 7.87. The van der Waals surface area contributed by atoms with Crippen molar-refractivity contribution in [3.63, 3.8) is 0 Å². The Bertz CT molecular complexity index is 605. The molecule has 2 fully saturated rings. The van der Waals surface area contributed by atoms with Crippen molar-refractivity contribution in [3.05, 3.63) is 29.3 Å². The van der Waals surface area contributed by atoms with Gasteiger partial charge in [-0.05, 0) is 42.3 Å². The van der Waals surface area contributed by atoms with Crippen LogP contribution in [0.2, 0.25) is 0 Å². The smallest absolute Gasteiger partial charge is 0.316 e. The third-order valence-corrected chi connectivity index (χ3v) is 5.11. The van der Waals surface area contributed by atoms with Crippen LogP contribution in [0.1, 0.15) is 42.7 Å². The van der Waals surface area contributed by atoms with Crippen molar-refractivity contribution in [2.75, 3.05) is 17.8 Å². The summed E-state index contributed by atoms with van der Waals surface area (Å²) in [7, 11) is -4.25. The number of hydrogen-bond donors (Lipinski definition) is 3. The maximum Gasteiger partial charge on any atom is 0.357 e. The van der Waals surface area contributed by atoms with Gasteiger partial charge < -0.3 is 5.32 Å². The molecule has 1 heterocycles. The lowest BCUT2D eigenvalue weighted by atomic mass is 9.80. The number of benzene rings is 1. The van der Waals surface area contributed by atoms with Gasteiger partial charge in [-0.25, -0.2) is 0 Å². The molecule has 6 heteroatoms. The van der Waals surface area contributed by atoms with Gasteiger partial charge in [0.15, 0.2) is 0 Å². The van der Waals surface area contributed by atoms with Gasteiger partial charge in [-0.2, -0.15) is 8.42 Å². The first kappa shape index (κ1) is 14.8. The fourth-order valence-corrected chi connectivity index (χ4v) is 3.82.